The number of likely N-dealkylation sites (tertiary alicyclic amines) is 1. The highest BCUT2D eigenvalue weighted by molar-refractivity contribution is 5.77. The number of imidazole rings is 1. The Morgan fingerprint density at radius 2 is 2.04 bits per heavy atom. The minimum Gasteiger partial charge on any atom is -0.374 e. The van der Waals surface area contributed by atoms with E-state index in [9.17, 15) is 4.79 Å². The summed E-state index contributed by atoms with van der Waals surface area (Å²) in [4.78, 5) is 25.0. The van der Waals surface area contributed by atoms with E-state index in [-0.39, 0.29) is 17.9 Å². The lowest BCUT2D eigenvalue weighted by Crippen LogP contribution is -2.41. The summed E-state index contributed by atoms with van der Waals surface area (Å²) in [7, 11) is 6.08. The number of hydrogen-bond acceptors (Lipinski definition) is 5. The van der Waals surface area contributed by atoms with Crippen LogP contribution in [-0.2, 0) is 11.8 Å². The lowest BCUT2D eigenvalue weighted by molar-refractivity contribution is -0.121. The number of hydrogen-bond donors (Lipinski definition) is 1. The molecule has 0 bridgehead atoms. The van der Waals surface area contributed by atoms with Crippen molar-refractivity contribution in [3.05, 3.63) is 42.7 Å². The van der Waals surface area contributed by atoms with E-state index in [0.29, 0.717) is 13.0 Å². The van der Waals surface area contributed by atoms with Crippen LogP contribution in [0.2, 0.25) is 0 Å². The summed E-state index contributed by atoms with van der Waals surface area (Å²) in [5.41, 5.74) is 2.24. The topological polar surface area (TPSA) is 66.3 Å². The van der Waals surface area contributed by atoms with E-state index in [1.807, 2.05) is 43.3 Å². The van der Waals surface area contributed by atoms with Gasteiger partial charge in [0.15, 0.2) is 0 Å². The number of pyridine rings is 1. The molecule has 3 heterocycles. The predicted octanol–water partition coefficient (Wildman–Crippen LogP) is 0.855. The van der Waals surface area contributed by atoms with Gasteiger partial charge in [-0.25, -0.2) is 4.98 Å². The molecule has 7 nitrogen and oxygen atoms in total. The Balaban J connectivity index is 1.55. The number of carbonyl (C=O) groups is 1. The molecule has 25 heavy (non-hydrogen) atoms. The summed E-state index contributed by atoms with van der Waals surface area (Å²) in [6.07, 6.45) is 7.71. The second-order valence-electron chi connectivity index (χ2n) is 6.81. The standard InChI is InChI=1S/C18H26N6O/c1-22-11-15(17-10-20-13-24(17)3)16(12-22)21-18(25)6-9-23(2)14-4-7-19-8-5-14/h4-5,7-8,10,13,15-16H,6,9,11-12H2,1-3H3,(H,21,25)/t15-,16-/m1/s1. The molecule has 2 aromatic heterocycles. The molecule has 3 rings (SSSR count). The highest BCUT2D eigenvalue weighted by Crippen LogP contribution is 2.26. The van der Waals surface area contributed by atoms with Gasteiger partial charge in [0.2, 0.25) is 5.91 Å². The zero-order valence-corrected chi connectivity index (χ0v) is 15.1. The van der Waals surface area contributed by atoms with Crippen molar-refractivity contribution in [3.8, 4) is 0 Å². The summed E-state index contributed by atoms with van der Waals surface area (Å²) in [5, 5.41) is 3.22. The largest absolute Gasteiger partial charge is 0.374 e. The van der Waals surface area contributed by atoms with Crippen LogP contribution < -0.4 is 10.2 Å². The van der Waals surface area contributed by atoms with Crippen molar-refractivity contribution in [1.29, 1.82) is 0 Å². The van der Waals surface area contributed by atoms with Crippen LogP contribution in [0.5, 0.6) is 0 Å². The highest BCUT2D eigenvalue weighted by atomic mass is 16.1. The van der Waals surface area contributed by atoms with E-state index in [0.717, 1.165) is 18.8 Å². The van der Waals surface area contributed by atoms with E-state index in [1.54, 1.807) is 12.4 Å². The van der Waals surface area contributed by atoms with Crippen molar-refractivity contribution in [3.63, 3.8) is 0 Å². The van der Waals surface area contributed by atoms with Crippen LogP contribution in [0.3, 0.4) is 0 Å². The molecule has 1 fully saturated rings. The molecule has 0 radical (unpaired) electrons. The Kier molecular flexibility index (Phi) is 5.33. The fraction of sp³-hybridized carbons (Fsp3) is 0.500. The van der Waals surface area contributed by atoms with E-state index in [2.05, 4.69) is 32.1 Å². The maximum absolute atomic E-state index is 12.5. The zero-order chi connectivity index (χ0) is 17.8. The minimum absolute atomic E-state index is 0.0911. The summed E-state index contributed by atoms with van der Waals surface area (Å²) in [5.74, 6) is 0.368. The van der Waals surface area contributed by atoms with Crippen molar-refractivity contribution >= 4 is 11.6 Å². The Bertz CT molecular complexity index is 701. The minimum atomic E-state index is 0.0911. The molecule has 0 aromatic carbocycles. The van der Waals surface area contributed by atoms with Gasteiger partial charge in [-0.1, -0.05) is 0 Å². The molecule has 1 N–H and O–H groups in total. The van der Waals surface area contributed by atoms with Crippen molar-refractivity contribution in [2.24, 2.45) is 7.05 Å². The first-order valence-corrected chi connectivity index (χ1v) is 8.60. The maximum atomic E-state index is 12.5. The van der Waals surface area contributed by atoms with E-state index < -0.39 is 0 Å². The van der Waals surface area contributed by atoms with E-state index >= 15 is 0 Å². The number of likely N-dealkylation sites (N-methyl/N-ethyl adjacent to an activating group) is 1. The van der Waals surface area contributed by atoms with Gasteiger partial charge in [-0.15, -0.1) is 0 Å². The molecular weight excluding hydrogens is 316 g/mol. The number of rotatable bonds is 6. The molecule has 7 heteroatoms. The molecular formula is C18H26N6O. The number of amides is 1. The average Bonchev–Trinajstić information content (AvgIpc) is 3.18. The Labute approximate surface area is 148 Å². The fourth-order valence-electron chi connectivity index (χ4n) is 3.45. The second kappa shape index (κ2) is 7.65. The molecule has 2 atom stereocenters. The van der Waals surface area contributed by atoms with Gasteiger partial charge in [0, 0.05) is 76.0 Å². The van der Waals surface area contributed by atoms with Gasteiger partial charge in [0.05, 0.1) is 12.4 Å². The van der Waals surface area contributed by atoms with Gasteiger partial charge in [0.1, 0.15) is 0 Å². The number of aromatic nitrogens is 3. The normalized spacial score (nSPS) is 20.6. The number of aryl methyl sites for hydroxylation is 1. The molecule has 0 unspecified atom stereocenters. The van der Waals surface area contributed by atoms with Crippen LogP contribution in [0.25, 0.3) is 0 Å². The summed E-state index contributed by atoms with van der Waals surface area (Å²) >= 11 is 0. The number of carbonyl (C=O) groups excluding carboxylic acids is 1. The van der Waals surface area contributed by atoms with Gasteiger partial charge < -0.3 is 19.7 Å². The molecule has 1 amide bonds. The van der Waals surface area contributed by atoms with E-state index in [1.165, 1.54) is 5.69 Å². The average molecular weight is 342 g/mol. The number of anilines is 1. The number of nitrogens with one attached hydrogen (secondary N) is 1. The third-order valence-electron chi connectivity index (χ3n) is 4.86. The number of nitrogens with zero attached hydrogens (tertiary/aromatic N) is 5. The van der Waals surface area contributed by atoms with Crippen molar-refractivity contribution in [2.45, 2.75) is 18.4 Å². The van der Waals surface area contributed by atoms with Crippen molar-refractivity contribution in [2.75, 3.05) is 38.6 Å². The lowest BCUT2D eigenvalue weighted by Gasteiger charge is -2.22. The molecule has 1 aliphatic rings. The van der Waals surface area contributed by atoms with Crippen LogP contribution in [0.15, 0.2) is 37.1 Å². The van der Waals surface area contributed by atoms with Crippen molar-refractivity contribution in [1.82, 2.24) is 24.8 Å². The Morgan fingerprint density at radius 1 is 1.28 bits per heavy atom. The second-order valence-corrected chi connectivity index (χ2v) is 6.81. The lowest BCUT2D eigenvalue weighted by atomic mass is 10.00. The van der Waals surface area contributed by atoms with Gasteiger partial charge in [-0.2, -0.15) is 0 Å². The third kappa shape index (κ3) is 4.17. The SMILES string of the molecule is CN1C[C@@H](NC(=O)CCN(C)c2ccncc2)[C@H](c2cncn2C)C1. The predicted molar refractivity (Wildman–Crippen MR) is 97.5 cm³/mol. The molecule has 134 valence electrons. The van der Waals surface area contributed by atoms with Gasteiger partial charge in [-0.3, -0.25) is 9.78 Å². The highest BCUT2D eigenvalue weighted by Gasteiger charge is 2.34. The first-order chi connectivity index (χ1) is 12.0. The fourth-order valence-corrected chi connectivity index (χ4v) is 3.45. The first-order valence-electron chi connectivity index (χ1n) is 8.60. The van der Waals surface area contributed by atoms with Gasteiger partial charge >= 0.3 is 0 Å². The maximum Gasteiger partial charge on any atom is 0.222 e. The van der Waals surface area contributed by atoms with Crippen molar-refractivity contribution < 1.29 is 4.79 Å². The van der Waals surface area contributed by atoms with Crippen LogP contribution in [-0.4, -0.2) is 65.1 Å². The molecule has 2 aromatic rings. The molecule has 0 spiro atoms. The summed E-state index contributed by atoms with van der Waals surface area (Å²) < 4.78 is 2.04. The summed E-state index contributed by atoms with van der Waals surface area (Å²) in [6, 6.07) is 4.02. The molecule has 1 saturated heterocycles. The molecule has 1 aliphatic heterocycles. The first kappa shape index (κ1) is 17.4. The van der Waals surface area contributed by atoms with Crippen LogP contribution in [0.1, 0.15) is 18.0 Å². The summed E-state index contributed by atoms with van der Waals surface area (Å²) in [6.45, 7) is 2.47. The quantitative estimate of drug-likeness (QED) is 0.843. The van der Waals surface area contributed by atoms with Crippen LogP contribution in [0, 0.1) is 0 Å². The Hall–Kier alpha value is -2.41. The third-order valence-corrected chi connectivity index (χ3v) is 4.86. The monoisotopic (exact) mass is 342 g/mol. The van der Waals surface area contributed by atoms with Gasteiger partial charge in [0.25, 0.3) is 0 Å². The van der Waals surface area contributed by atoms with Crippen LogP contribution >= 0.6 is 0 Å². The Morgan fingerprint density at radius 3 is 2.72 bits per heavy atom. The molecule has 0 saturated carbocycles. The van der Waals surface area contributed by atoms with Crippen LogP contribution in [0.4, 0.5) is 5.69 Å². The smallest absolute Gasteiger partial charge is 0.222 e. The molecule has 0 aliphatic carbocycles. The van der Waals surface area contributed by atoms with Gasteiger partial charge in [-0.05, 0) is 19.2 Å². The zero-order valence-electron chi connectivity index (χ0n) is 15.1. The van der Waals surface area contributed by atoms with E-state index in [4.69, 9.17) is 0 Å².